The normalized spacial score (nSPS) is 10.5. The molecule has 0 aliphatic carbocycles. The van der Waals surface area contributed by atoms with Crippen molar-refractivity contribution < 1.29 is 14.8 Å². The lowest BCUT2D eigenvalue weighted by Gasteiger charge is -2.03. The van der Waals surface area contributed by atoms with Gasteiger partial charge in [-0.1, -0.05) is 29.4 Å². The van der Waals surface area contributed by atoms with Gasteiger partial charge in [-0.25, -0.2) is 4.98 Å². The van der Waals surface area contributed by atoms with Crippen LogP contribution in [0, 0.1) is 10.1 Å². The summed E-state index contributed by atoms with van der Waals surface area (Å²) >= 11 is 8.60. The quantitative estimate of drug-likeness (QED) is 0.488. The summed E-state index contributed by atoms with van der Waals surface area (Å²) in [5.41, 5.74) is 0.880. The van der Waals surface area contributed by atoms with Gasteiger partial charge in [0.15, 0.2) is 0 Å². The van der Waals surface area contributed by atoms with Gasteiger partial charge in [-0.15, -0.1) is 11.3 Å². The molecule has 110 valence electrons. The van der Waals surface area contributed by atoms with Gasteiger partial charge in [0.1, 0.15) is 4.34 Å². The molecule has 0 saturated heterocycles. The molecule has 1 N–H and O–H groups in total. The lowest BCUT2D eigenvalue weighted by Crippen LogP contribution is -1.99. The zero-order chi connectivity index (χ0) is 15.4. The van der Waals surface area contributed by atoms with Crippen molar-refractivity contribution in [1.82, 2.24) is 4.98 Å². The Morgan fingerprint density at radius 2 is 2.29 bits per heavy atom. The molecule has 2 rings (SSSR count). The second kappa shape index (κ2) is 6.88. The highest BCUT2D eigenvalue weighted by molar-refractivity contribution is 8.00. The number of halogens is 1. The number of carboxylic acids is 1. The predicted molar refractivity (Wildman–Crippen MR) is 81.1 cm³/mol. The maximum atomic E-state index is 11.0. The number of carbonyl (C=O) groups is 1. The summed E-state index contributed by atoms with van der Waals surface area (Å²) in [6.45, 7) is 0. The Balaban J connectivity index is 2.11. The first-order valence-electron chi connectivity index (χ1n) is 5.68. The van der Waals surface area contributed by atoms with Crippen LogP contribution in [0.3, 0.4) is 0 Å². The minimum absolute atomic E-state index is 0.0303. The molecule has 0 radical (unpaired) electrons. The Bertz CT molecular complexity index is 690. The van der Waals surface area contributed by atoms with Gasteiger partial charge in [-0.3, -0.25) is 14.9 Å². The molecule has 0 spiro atoms. The molecule has 0 amide bonds. The van der Waals surface area contributed by atoms with Crippen molar-refractivity contribution in [3.05, 3.63) is 50.0 Å². The first-order chi connectivity index (χ1) is 9.97. The number of carboxylic acid groups (broad SMARTS) is 1. The van der Waals surface area contributed by atoms with Gasteiger partial charge in [0.05, 0.1) is 27.6 Å². The van der Waals surface area contributed by atoms with Gasteiger partial charge >= 0.3 is 5.97 Å². The molecule has 0 aliphatic heterocycles. The van der Waals surface area contributed by atoms with Crippen LogP contribution in [-0.4, -0.2) is 21.0 Å². The minimum Gasteiger partial charge on any atom is -0.481 e. The molecular formula is C12H9ClN2O4S2. The first-order valence-corrected chi connectivity index (χ1v) is 7.92. The van der Waals surface area contributed by atoms with E-state index in [1.165, 1.54) is 35.2 Å². The summed E-state index contributed by atoms with van der Waals surface area (Å²) < 4.78 is 0.653. The zero-order valence-electron chi connectivity index (χ0n) is 10.5. The highest BCUT2D eigenvalue weighted by Gasteiger charge is 2.17. The van der Waals surface area contributed by atoms with E-state index in [4.69, 9.17) is 16.7 Å². The lowest BCUT2D eigenvalue weighted by molar-refractivity contribution is -0.385. The number of rotatable bonds is 6. The van der Waals surface area contributed by atoms with Crippen molar-refractivity contribution in [2.75, 3.05) is 0 Å². The largest absolute Gasteiger partial charge is 0.481 e. The standard InChI is InChI=1S/C12H9ClN2O4S2/c13-9-2-1-3-10(15(18)19)8(9)6-21-12-14-7(5-20-12)4-11(16)17/h1-3,5H,4,6H2,(H,16,17). The average Bonchev–Trinajstić information content (AvgIpc) is 2.83. The van der Waals surface area contributed by atoms with Crippen LogP contribution in [0.4, 0.5) is 5.69 Å². The van der Waals surface area contributed by atoms with Crippen molar-refractivity contribution in [2.45, 2.75) is 16.5 Å². The Labute approximate surface area is 132 Å². The second-order valence-electron chi connectivity index (χ2n) is 3.96. The smallest absolute Gasteiger partial charge is 0.309 e. The Morgan fingerprint density at radius 1 is 1.52 bits per heavy atom. The van der Waals surface area contributed by atoms with E-state index in [9.17, 15) is 14.9 Å². The molecule has 0 bridgehead atoms. The zero-order valence-corrected chi connectivity index (χ0v) is 12.9. The fraction of sp³-hybridized carbons (Fsp3) is 0.167. The average molecular weight is 345 g/mol. The van der Waals surface area contributed by atoms with E-state index in [0.29, 0.717) is 26.4 Å². The second-order valence-corrected chi connectivity index (χ2v) is 6.45. The number of benzene rings is 1. The molecule has 21 heavy (non-hydrogen) atoms. The van der Waals surface area contributed by atoms with Gasteiger partial charge in [0, 0.05) is 17.2 Å². The molecule has 9 heteroatoms. The maximum absolute atomic E-state index is 11.0. The molecule has 0 atom stereocenters. The molecule has 0 saturated carbocycles. The van der Waals surface area contributed by atoms with E-state index in [1.54, 1.807) is 11.4 Å². The maximum Gasteiger partial charge on any atom is 0.309 e. The number of nitro benzene ring substituents is 1. The number of nitrogens with zero attached hydrogens (tertiary/aromatic N) is 2. The lowest BCUT2D eigenvalue weighted by atomic mass is 10.2. The summed E-state index contributed by atoms with van der Waals surface area (Å²) in [5.74, 6) is -0.644. The van der Waals surface area contributed by atoms with Gasteiger partial charge in [0.2, 0.25) is 0 Å². The number of hydrogen-bond acceptors (Lipinski definition) is 6. The number of aliphatic carboxylic acids is 1. The van der Waals surface area contributed by atoms with Crippen LogP contribution < -0.4 is 0 Å². The van der Waals surface area contributed by atoms with E-state index in [1.807, 2.05) is 0 Å². The van der Waals surface area contributed by atoms with Gasteiger partial charge in [-0.2, -0.15) is 0 Å². The molecule has 2 aromatic rings. The van der Waals surface area contributed by atoms with Crippen LogP contribution in [0.25, 0.3) is 0 Å². The van der Waals surface area contributed by atoms with Crippen molar-refractivity contribution in [2.24, 2.45) is 0 Å². The summed E-state index contributed by atoms with van der Waals surface area (Å²) in [4.78, 5) is 25.2. The van der Waals surface area contributed by atoms with Crippen LogP contribution in [0.15, 0.2) is 27.9 Å². The van der Waals surface area contributed by atoms with E-state index in [-0.39, 0.29) is 12.1 Å². The molecule has 6 nitrogen and oxygen atoms in total. The van der Waals surface area contributed by atoms with E-state index in [0.717, 1.165) is 0 Å². The predicted octanol–water partition coefficient (Wildman–Crippen LogP) is 3.62. The third-order valence-electron chi connectivity index (χ3n) is 2.49. The number of thioether (sulfide) groups is 1. The van der Waals surface area contributed by atoms with Crippen LogP contribution in [0.2, 0.25) is 5.02 Å². The van der Waals surface area contributed by atoms with Gasteiger partial charge in [-0.05, 0) is 6.07 Å². The highest BCUT2D eigenvalue weighted by atomic mass is 35.5. The SMILES string of the molecule is O=C(O)Cc1csc(SCc2c(Cl)cccc2[N+](=O)[O-])n1. The number of nitro groups is 1. The fourth-order valence-corrected chi connectivity index (χ4v) is 3.79. The van der Waals surface area contributed by atoms with Crippen LogP contribution in [0.1, 0.15) is 11.3 Å². The molecule has 1 aromatic carbocycles. The third-order valence-corrected chi connectivity index (χ3v) is 4.94. The number of hydrogen-bond donors (Lipinski definition) is 1. The summed E-state index contributed by atoms with van der Waals surface area (Å²) in [6, 6.07) is 4.53. The Kier molecular flexibility index (Phi) is 5.16. The Morgan fingerprint density at radius 3 is 2.95 bits per heavy atom. The minimum atomic E-state index is -0.946. The highest BCUT2D eigenvalue weighted by Crippen LogP contribution is 2.33. The number of thiazole rings is 1. The molecule has 1 heterocycles. The van der Waals surface area contributed by atoms with Crippen molar-refractivity contribution in [3.63, 3.8) is 0 Å². The van der Waals surface area contributed by atoms with Gasteiger partial charge in [0.25, 0.3) is 5.69 Å². The van der Waals surface area contributed by atoms with E-state index < -0.39 is 10.9 Å². The third kappa shape index (κ3) is 4.16. The van der Waals surface area contributed by atoms with Crippen molar-refractivity contribution >= 4 is 46.4 Å². The van der Waals surface area contributed by atoms with Crippen molar-refractivity contribution in [1.29, 1.82) is 0 Å². The summed E-state index contributed by atoms with van der Waals surface area (Å²) in [7, 11) is 0. The van der Waals surface area contributed by atoms with Crippen LogP contribution >= 0.6 is 34.7 Å². The van der Waals surface area contributed by atoms with E-state index >= 15 is 0 Å². The molecule has 0 unspecified atom stereocenters. The Hall–Kier alpha value is -1.64. The molecule has 0 aliphatic rings. The topological polar surface area (TPSA) is 93.3 Å². The molecule has 1 aromatic heterocycles. The van der Waals surface area contributed by atoms with Crippen molar-refractivity contribution in [3.8, 4) is 0 Å². The molecule has 0 fully saturated rings. The number of aromatic nitrogens is 1. The summed E-state index contributed by atoms with van der Waals surface area (Å²) in [6.07, 6.45) is -0.136. The van der Waals surface area contributed by atoms with Crippen LogP contribution in [0.5, 0.6) is 0 Å². The van der Waals surface area contributed by atoms with E-state index in [2.05, 4.69) is 4.98 Å². The fourth-order valence-electron chi connectivity index (χ4n) is 1.59. The monoisotopic (exact) mass is 344 g/mol. The molecular weight excluding hydrogens is 336 g/mol. The first kappa shape index (κ1) is 15.7. The summed E-state index contributed by atoms with van der Waals surface area (Å²) in [5, 5.41) is 21.7. The van der Waals surface area contributed by atoms with Gasteiger partial charge < -0.3 is 5.11 Å². The van der Waals surface area contributed by atoms with Crippen LogP contribution in [-0.2, 0) is 17.0 Å².